The van der Waals surface area contributed by atoms with Crippen LogP contribution in [0.25, 0.3) is 0 Å². The first-order valence-corrected chi connectivity index (χ1v) is 22.7. The van der Waals surface area contributed by atoms with Crippen LogP contribution in [0.3, 0.4) is 0 Å². The Bertz CT molecular complexity index is 2590. The molecule has 17 nitrogen and oxygen atoms in total. The summed E-state index contributed by atoms with van der Waals surface area (Å²) < 4.78 is 68.1. The molecule has 3 aromatic carbocycles. The standard InChI is InChI=1S/C20H22O6S.C17H17IN2O5.C4H3IN2O2/c1-14-7-9-17(10-8-14)27(21,22)26-16-11-18-19(23-12-16)13-24-20(25-18)15-5-3-2-4-6-15;18-12-7-20(17(22)19-15(12)21)11-6-13-14(23-8-11)9-24-16(25-13)10-4-2-1-3-5-10;5-2-1-6-4(9)7-3(2)8/h2-10,16,18-20H,11-13H2,1H3;1-5,7,11,13-14,16H,6,8-9H2,(H,19,21,22);1H,(H2,6,7,8,9)/t16-,18-,19+,20?;11-,13+,14-,16?;/m01./s1. The molecule has 5 aromatic rings. The minimum atomic E-state index is -3.85. The molecule has 4 aliphatic rings. The van der Waals surface area contributed by atoms with E-state index in [0.717, 1.165) is 16.7 Å². The van der Waals surface area contributed by atoms with E-state index in [4.69, 9.17) is 32.6 Å². The van der Waals surface area contributed by atoms with Crippen molar-refractivity contribution in [3.8, 4) is 0 Å². The molecule has 0 aliphatic carbocycles. The second-order valence-electron chi connectivity index (χ2n) is 14.4. The summed E-state index contributed by atoms with van der Waals surface area (Å²) in [5.74, 6) is 0. The summed E-state index contributed by atoms with van der Waals surface area (Å²) in [6.45, 7) is 3.33. The van der Waals surface area contributed by atoms with Gasteiger partial charge in [-0.15, -0.1) is 0 Å². The Balaban J connectivity index is 0.000000154. The summed E-state index contributed by atoms with van der Waals surface area (Å²) in [7, 11) is -3.85. The maximum Gasteiger partial charge on any atom is 0.328 e. The second kappa shape index (κ2) is 20.6. The van der Waals surface area contributed by atoms with Gasteiger partial charge in [-0.3, -0.25) is 28.3 Å². The predicted octanol–water partition coefficient (Wildman–Crippen LogP) is 4.23. The Kier molecular flexibility index (Phi) is 15.2. The molecule has 3 N–H and O–H groups in total. The fourth-order valence-corrected chi connectivity index (χ4v) is 8.70. The maximum atomic E-state index is 12.5. The van der Waals surface area contributed by atoms with Crippen LogP contribution in [-0.2, 0) is 42.7 Å². The van der Waals surface area contributed by atoms with Gasteiger partial charge in [-0.05, 0) is 70.7 Å². The van der Waals surface area contributed by atoms with Gasteiger partial charge in [0.25, 0.3) is 21.2 Å². The molecule has 20 heteroatoms. The number of benzene rings is 3. The van der Waals surface area contributed by atoms with Crippen LogP contribution < -0.4 is 22.5 Å². The lowest BCUT2D eigenvalue weighted by Gasteiger charge is -2.42. The van der Waals surface area contributed by atoms with E-state index >= 15 is 0 Å². The van der Waals surface area contributed by atoms with Crippen LogP contribution in [0.2, 0.25) is 0 Å². The van der Waals surface area contributed by atoms with E-state index in [1.165, 1.54) is 10.8 Å². The third kappa shape index (κ3) is 11.8. The molecule has 2 aromatic heterocycles. The number of halogens is 2. The zero-order chi connectivity index (χ0) is 43.1. The summed E-state index contributed by atoms with van der Waals surface area (Å²) >= 11 is 3.74. The number of aromatic amines is 3. The van der Waals surface area contributed by atoms with Crippen LogP contribution in [0.1, 0.15) is 48.2 Å². The topological polar surface area (TPSA) is 219 Å². The van der Waals surface area contributed by atoms with Crippen LogP contribution >= 0.6 is 45.2 Å². The van der Waals surface area contributed by atoms with E-state index in [-0.39, 0.29) is 53.1 Å². The quantitative estimate of drug-likeness (QED) is 0.161. The Hall–Kier alpha value is -3.85. The molecule has 324 valence electrons. The van der Waals surface area contributed by atoms with Crippen LogP contribution in [0.5, 0.6) is 0 Å². The highest BCUT2D eigenvalue weighted by atomic mass is 127. The van der Waals surface area contributed by atoms with Crippen molar-refractivity contribution in [1.29, 1.82) is 0 Å². The van der Waals surface area contributed by atoms with Crippen molar-refractivity contribution in [3.63, 3.8) is 0 Å². The van der Waals surface area contributed by atoms with E-state index in [0.29, 0.717) is 39.8 Å². The van der Waals surface area contributed by atoms with Crippen molar-refractivity contribution < 1.29 is 41.0 Å². The van der Waals surface area contributed by atoms with Gasteiger partial charge in [0.05, 0.1) is 56.7 Å². The molecule has 0 spiro atoms. The third-order valence-electron chi connectivity index (χ3n) is 10.1. The van der Waals surface area contributed by atoms with Gasteiger partial charge < -0.3 is 33.4 Å². The molecule has 0 radical (unpaired) electrons. The SMILES string of the molecule is Cc1ccc(S(=O)(=O)O[C@@H]2CO[C@@H]3COC(c4ccccc4)O[C@H]3C2)cc1.O=c1[nH]c(=O)n([C@H]2CO[C@@H]3COC(c4ccccc4)O[C@H]3C2)cc1I.O=c1[nH]cc(I)c(=O)[nH]1. The lowest BCUT2D eigenvalue weighted by Crippen LogP contribution is -2.50. The summed E-state index contributed by atoms with van der Waals surface area (Å²) in [4.78, 5) is 51.4. The highest BCUT2D eigenvalue weighted by molar-refractivity contribution is 14.1. The molecule has 0 bridgehead atoms. The molecular weight excluding hydrogens is 1040 g/mol. The molecular formula is C41H42I2N4O13S. The number of nitrogens with zero attached hydrogens (tertiary/aromatic N) is 1. The van der Waals surface area contributed by atoms with Gasteiger partial charge in [-0.1, -0.05) is 78.4 Å². The Labute approximate surface area is 376 Å². The molecule has 0 amide bonds. The molecule has 61 heavy (non-hydrogen) atoms. The number of aryl methyl sites for hydroxylation is 1. The molecule has 0 saturated carbocycles. The van der Waals surface area contributed by atoms with Gasteiger partial charge in [0.1, 0.15) is 18.3 Å². The smallest absolute Gasteiger partial charge is 0.328 e. The van der Waals surface area contributed by atoms with Crippen LogP contribution in [0, 0.1) is 14.1 Å². The number of hydrogen-bond acceptors (Lipinski definition) is 13. The average molecular weight is 1080 g/mol. The van der Waals surface area contributed by atoms with E-state index in [1.54, 1.807) is 30.5 Å². The third-order valence-corrected chi connectivity index (χ3v) is 13.0. The lowest BCUT2D eigenvalue weighted by atomic mass is 10.0. The van der Waals surface area contributed by atoms with Crippen LogP contribution in [0.4, 0.5) is 0 Å². The highest BCUT2D eigenvalue weighted by Crippen LogP contribution is 2.35. The van der Waals surface area contributed by atoms with Gasteiger partial charge in [-0.25, -0.2) is 9.59 Å². The number of rotatable bonds is 6. The Morgan fingerprint density at radius 2 is 1.21 bits per heavy atom. The zero-order valence-corrected chi connectivity index (χ0v) is 37.6. The van der Waals surface area contributed by atoms with Crippen molar-refractivity contribution in [1.82, 2.24) is 19.5 Å². The largest absolute Gasteiger partial charge is 0.371 e. The van der Waals surface area contributed by atoms with Crippen LogP contribution in [0.15, 0.2) is 121 Å². The molecule has 4 aliphatic heterocycles. The van der Waals surface area contributed by atoms with Gasteiger partial charge in [-0.2, -0.15) is 8.42 Å². The Morgan fingerprint density at radius 3 is 1.79 bits per heavy atom. The molecule has 4 saturated heterocycles. The average Bonchev–Trinajstić information content (AvgIpc) is 3.27. The van der Waals surface area contributed by atoms with E-state index in [2.05, 4.69) is 15.0 Å². The fraction of sp³-hybridized carbons (Fsp3) is 0.366. The first-order chi connectivity index (χ1) is 29.3. The number of ether oxygens (including phenoxy) is 6. The summed E-state index contributed by atoms with van der Waals surface area (Å²) in [6, 6.07) is 25.8. The van der Waals surface area contributed by atoms with Gasteiger partial charge in [0.15, 0.2) is 12.6 Å². The van der Waals surface area contributed by atoms with Crippen molar-refractivity contribution in [2.24, 2.45) is 0 Å². The number of aromatic nitrogens is 4. The van der Waals surface area contributed by atoms with E-state index < -0.39 is 40.2 Å². The van der Waals surface area contributed by atoms with Crippen molar-refractivity contribution in [2.75, 3.05) is 26.4 Å². The first kappa shape index (κ1) is 45.2. The maximum absolute atomic E-state index is 12.5. The predicted molar refractivity (Wildman–Crippen MR) is 235 cm³/mol. The van der Waals surface area contributed by atoms with E-state index in [1.807, 2.05) is 113 Å². The number of nitrogens with one attached hydrogen (secondary N) is 3. The fourth-order valence-electron chi connectivity index (χ4n) is 6.90. The summed E-state index contributed by atoms with van der Waals surface area (Å²) in [6.07, 6.45) is 1.67. The molecule has 2 unspecified atom stereocenters. The van der Waals surface area contributed by atoms with Crippen molar-refractivity contribution in [3.05, 3.63) is 163 Å². The first-order valence-electron chi connectivity index (χ1n) is 19.2. The minimum Gasteiger partial charge on any atom is -0.371 e. The Morgan fingerprint density at radius 1 is 0.656 bits per heavy atom. The van der Waals surface area contributed by atoms with Gasteiger partial charge in [0.2, 0.25) is 0 Å². The molecule has 8 atom stereocenters. The zero-order valence-electron chi connectivity index (χ0n) is 32.5. The normalized spacial score (nSPS) is 26.0. The number of H-pyrrole nitrogens is 3. The van der Waals surface area contributed by atoms with Crippen molar-refractivity contribution in [2.45, 2.75) is 73.8 Å². The number of fused-ring (bicyclic) bond motifs is 2. The molecule has 6 heterocycles. The summed E-state index contributed by atoms with van der Waals surface area (Å²) in [5, 5.41) is 0. The van der Waals surface area contributed by atoms with Gasteiger partial charge >= 0.3 is 11.4 Å². The second-order valence-corrected chi connectivity index (χ2v) is 18.3. The summed E-state index contributed by atoms with van der Waals surface area (Å²) in [5.41, 5.74) is 1.25. The minimum absolute atomic E-state index is 0.144. The van der Waals surface area contributed by atoms with Gasteiger partial charge in [0, 0.05) is 29.9 Å². The molecule has 4 fully saturated rings. The highest BCUT2D eigenvalue weighted by Gasteiger charge is 2.41. The van der Waals surface area contributed by atoms with Crippen molar-refractivity contribution >= 4 is 55.3 Å². The molecule has 9 rings (SSSR count). The lowest BCUT2D eigenvalue weighted by molar-refractivity contribution is -0.286. The van der Waals surface area contributed by atoms with Crippen LogP contribution in [-0.4, -0.2) is 84.9 Å². The monoisotopic (exact) mass is 1080 g/mol. The van der Waals surface area contributed by atoms with E-state index in [9.17, 15) is 27.6 Å². The number of hydrogen-bond donors (Lipinski definition) is 3.